The van der Waals surface area contributed by atoms with Gasteiger partial charge in [0.2, 0.25) is 0 Å². The summed E-state index contributed by atoms with van der Waals surface area (Å²) in [5.74, 6) is 0. The van der Waals surface area contributed by atoms with Crippen molar-refractivity contribution in [1.29, 1.82) is 0 Å². The Morgan fingerprint density at radius 3 is 3.06 bits per heavy atom. The minimum Gasteiger partial charge on any atom is -0.361 e. The fraction of sp³-hybridized carbons (Fsp3) is 0.214. The van der Waals surface area contributed by atoms with Crippen LogP contribution in [0.2, 0.25) is 0 Å². The molecule has 0 aliphatic rings. The molecule has 0 amide bonds. The number of aromatic nitrogens is 2. The molecule has 3 aromatic rings. The molecule has 18 heavy (non-hydrogen) atoms. The lowest BCUT2D eigenvalue weighted by atomic mass is 10.1. The largest absolute Gasteiger partial charge is 0.361 e. The van der Waals surface area contributed by atoms with Gasteiger partial charge in [-0.25, -0.2) is 4.98 Å². The van der Waals surface area contributed by atoms with Gasteiger partial charge in [0.05, 0.1) is 0 Å². The average Bonchev–Trinajstić information content (AvgIpc) is 2.98. The van der Waals surface area contributed by atoms with Crippen molar-refractivity contribution in [1.82, 2.24) is 15.3 Å². The Morgan fingerprint density at radius 2 is 2.22 bits per heavy atom. The predicted molar refractivity (Wildman–Crippen MR) is 75.7 cm³/mol. The van der Waals surface area contributed by atoms with E-state index in [-0.39, 0.29) is 0 Å². The molecule has 0 spiro atoms. The minimum absolute atomic E-state index is 0.833. The van der Waals surface area contributed by atoms with Gasteiger partial charge in [0, 0.05) is 41.3 Å². The van der Waals surface area contributed by atoms with Crippen LogP contribution >= 0.6 is 11.3 Å². The summed E-state index contributed by atoms with van der Waals surface area (Å²) < 4.78 is 0. The third-order valence-corrected chi connectivity index (χ3v) is 3.91. The van der Waals surface area contributed by atoms with Crippen molar-refractivity contribution in [2.75, 3.05) is 0 Å². The summed E-state index contributed by atoms with van der Waals surface area (Å²) >= 11 is 1.71. The van der Waals surface area contributed by atoms with E-state index in [1.165, 1.54) is 16.5 Å². The number of aromatic amines is 1. The zero-order valence-corrected chi connectivity index (χ0v) is 11.1. The van der Waals surface area contributed by atoms with E-state index in [9.17, 15) is 0 Å². The number of benzene rings is 1. The van der Waals surface area contributed by atoms with Crippen LogP contribution in [0.4, 0.5) is 0 Å². The summed E-state index contributed by atoms with van der Waals surface area (Å²) in [5, 5.41) is 7.97. The molecule has 0 unspecified atom stereocenters. The number of thiazole rings is 1. The molecule has 0 fully saturated rings. The fourth-order valence-corrected chi connectivity index (χ4v) is 2.83. The first-order valence-electron chi connectivity index (χ1n) is 5.99. The van der Waals surface area contributed by atoms with Crippen molar-refractivity contribution in [3.63, 3.8) is 0 Å². The maximum absolute atomic E-state index is 4.44. The van der Waals surface area contributed by atoms with Gasteiger partial charge in [0.1, 0.15) is 5.01 Å². The molecule has 0 radical (unpaired) electrons. The Labute approximate surface area is 110 Å². The molecule has 1 aromatic carbocycles. The monoisotopic (exact) mass is 257 g/mol. The summed E-state index contributed by atoms with van der Waals surface area (Å²) in [5.41, 5.74) is 3.62. The second-order valence-electron chi connectivity index (χ2n) is 4.34. The number of fused-ring (bicyclic) bond motifs is 1. The first-order valence-corrected chi connectivity index (χ1v) is 6.87. The molecule has 0 aliphatic heterocycles. The first kappa shape index (κ1) is 11.4. The van der Waals surface area contributed by atoms with E-state index < -0.39 is 0 Å². The van der Waals surface area contributed by atoms with Crippen LogP contribution < -0.4 is 5.32 Å². The number of rotatable bonds is 4. The third kappa shape index (κ3) is 2.30. The van der Waals surface area contributed by atoms with Gasteiger partial charge in [-0.3, -0.25) is 0 Å². The maximum atomic E-state index is 4.44. The lowest BCUT2D eigenvalue weighted by molar-refractivity contribution is 0.692. The lowest BCUT2D eigenvalue weighted by Gasteiger charge is -2.04. The average molecular weight is 257 g/mol. The Balaban J connectivity index is 1.68. The van der Waals surface area contributed by atoms with Gasteiger partial charge in [-0.15, -0.1) is 11.3 Å². The van der Waals surface area contributed by atoms with Crippen LogP contribution in [0.3, 0.4) is 0 Å². The minimum atomic E-state index is 0.833. The van der Waals surface area contributed by atoms with Gasteiger partial charge in [-0.05, 0) is 24.6 Å². The van der Waals surface area contributed by atoms with Crippen LogP contribution in [-0.2, 0) is 13.1 Å². The molecule has 3 nitrogen and oxygen atoms in total. The highest BCUT2D eigenvalue weighted by atomic mass is 32.1. The Morgan fingerprint density at radius 1 is 1.28 bits per heavy atom. The molecular formula is C14H15N3S. The molecule has 0 saturated heterocycles. The standard InChI is InChI=1S/C14H15N3S/c1-10-9-18-14(17-10)8-15-7-11-3-2-4-13-12(11)5-6-16-13/h2-6,9,15-16H,7-8H2,1H3. The van der Waals surface area contributed by atoms with Crippen LogP contribution in [0.25, 0.3) is 10.9 Å². The van der Waals surface area contributed by atoms with Crippen LogP contribution in [0.5, 0.6) is 0 Å². The number of H-pyrrole nitrogens is 1. The number of hydrogen-bond acceptors (Lipinski definition) is 3. The van der Waals surface area contributed by atoms with Crippen LogP contribution in [0.15, 0.2) is 35.8 Å². The number of hydrogen-bond donors (Lipinski definition) is 2. The van der Waals surface area contributed by atoms with Gasteiger partial charge in [0.25, 0.3) is 0 Å². The van der Waals surface area contributed by atoms with E-state index in [0.29, 0.717) is 0 Å². The smallest absolute Gasteiger partial charge is 0.107 e. The number of nitrogens with one attached hydrogen (secondary N) is 2. The highest BCUT2D eigenvalue weighted by Gasteiger charge is 2.02. The van der Waals surface area contributed by atoms with Crippen LogP contribution in [-0.4, -0.2) is 9.97 Å². The number of aryl methyl sites for hydroxylation is 1. The molecular weight excluding hydrogens is 242 g/mol. The topological polar surface area (TPSA) is 40.7 Å². The van der Waals surface area contributed by atoms with Crippen LogP contribution in [0.1, 0.15) is 16.3 Å². The van der Waals surface area contributed by atoms with Crippen molar-refractivity contribution < 1.29 is 0 Å². The fourth-order valence-electron chi connectivity index (χ4n) is 2.09. The van der Waals surface area contributed by atoms with Crippen molar-refractivity contribution in [2.45, 2.75) is 20.0 Å². The van der Waals surface area contributed by atoms with E-state index in [1.807, 2.05) is 13.1 Å². The van der Waals surface area contributed by atoms with E-state index in [2.05, 4.69) is 44.9 Å². The van der Waals surface area contributed by atoms with Gasteiger partial charge in [-0.2, -0.15) is 0 Å². The van der Waals surface area contributed by atoms with Gasteiger partial charge in [0.15, 0.2) is 0 Å². The molecule has 2 aromatic heterocycles. The summed E-state index contributed by atoms with van der Waals surface area (Å²) in [4.78, 5) is 7.68. The highest BCUT2D eigenvalue weighted by molar-refractivity contribution is 7.09. The zero-order valence-electron chi connectivity index (χ0n) is 10.2. The van der Waals surface area contributed by atoms with E-state index in [1.54, 1.807) is 11.3 Å². The van der Waals surface area contributed by atoms with E-state index in [0.717, 1.165) is 23.8 Å². The molecule has 2 heterocycles. The predicted octanol–water partition coefficient (Wildman–Crippen LogP) is 3.22. The second kappa shape index (κ2) is 4.92. The maximum Gasteiger partial charge on any atom is 0.107 e. The molecule has 0 bridgehead atoms. The molecule has 3 rings (SSSR count). The summed E-state index contributed by atoms with van der Waals surface area (Å²) in [6.07, 6.45) is 1.98. The van der Waals surface area contributed by atoms with Gasteiger partial charge < -0.3 is 10.3 Å². The van der Waals surface area contributed by atoms with E-state index >= 15 is 0 Å². The highest BCUT2D eigenvalue weighted by Crippen LogP contribution is 2.17. The summed E-state index contributed by atoms with van der Waals surface area (Å²) in [6.45, 7) is 3.73. The molecule has 92 valence electrons. The summed E-state index contributed by atoms with van der Waals surface area (Å²) in [7, 11) is 0. The molecule has 2 N–H and O–H groups in total. The molecule has 0 saturated carbocycles. The van der Waals surface area contributed by atoms with Crippen molar-refractivity contribution in [3.05, 3.63) is 52.1 Å². The Bertz CT molecular complexity index is 654. The van der Waals surface area contributed by atoms with E-state index in [4.69, 9.17) is 0 Å². The Hall–Kier alpha value is -1.65. The zero-order chi connectivity index (χ0) is 12.4. The number of nitrogens with zero attached hydrogens (tertiary/aromatic N) is 1. The summed E-state index contributed by atoms with van der Waals surface area (Å²) in [6, 6.07) is 8.47. The van der Waals surface area contributed by atoms with Crippen molar-refractivity contribution in [3.8, 4) is 0 Å². The third-order valence-electron chi connectivity index (χ3n) is 2.94. The van der Waals surface area contributed by atoms with Crippen molar-refractivity contribution in [2.24, 2.45) is 0 Å². The van der Waals surface area contributed by atoms with Gasteiger partial charge in [-0.1, -0.05) is 12.1 Å². The first-order chi connectivity index (χ1) is 8.83. The quantitative estimate of drug-likeness (QED) is 0.753. The molecule has 4 heteroatoms. The van der Waals surface area contributed by atoms with Crippen molar-refractivity contribution >= 4 is 22.2 Å². The molecule has 0 atom stereocenters. The molecule has 0 aliphatic carbocycles. The van der Waals surface area contributed by atoms with Gasteiger partial charge >= 0.3 is 0 Å². The second-order valence-corrected chi connectivity index (χ2v) is 5.28. The normalized spacial score (nSPS) is 11.2. The SMILES string of the molecule is Cc1csc(CNCc2cccc3[nH]ccc23)n1. The Kier molecular flexibility index (Phi) is 3.13. The van der Waals surface area contributed by atoms with Crippen LogP contribution in [0, 0.1) is 6.92 Å². The lowest BCUT2D eigenvalue weighted by Crippen LogP contribution is -2.12.